The Morgan fingerprint density at radius 3 is 2.64 bits per heavy atom. The molecule has 0 spiro atoms. The van der Waals surface area contributed by atoms with Gasteiger partial charge in [0.2, 0.25) is 0 Å². The Bertz CT molecular complexity index is 953. The molecule has 0 fully saturated rings. The fourth-order valence-corrected chi connectivity index (χ4v) is 2.76. The number of amides is 1. The standard InChI is InChI=1S/C17H11Cl3N4O/c18-11-6-5-10(14(20)7-11)9-21-24-17(25)16-8-15(22-23-16)12-3-1-2-4-13(12)19/h1-9H,(H,22,23)(H,24,25). The molecule has 3 aromatic rings. The molecule has 5 nitrogen and oxygen atoms in total. The molecule has 0 bridgehead atoms. The minimum absolute atomic E-state index is 0.259. The van der Waals surface area contributed by atoms with E-state index in [9.17, 15) is 4.79 Å². The van der Waals surface area contributed by atoms with Crippen LogP contribution in [0, 0.1) is 0 Å². The Hall–Kier alpha value is -2.34. The Balaban J connectivity index is 1.70. The van der Waals surface area contributed by atoms with Crippen LogP contribution in [0.15, 0.2) is 53.6 Å². The molecule has 25 heavy (non-hydrogen) atoms. The molecule has 1 amide bonds. The number of nitrogens with one attached hydrogen (secondary N) is 2. The van der Waals surface area contributed by atoms with Crippen molar-refractivity contribution in [2.75, 3.05) is 0 Å². The maximum Gasteiger partial charge on any atom is 0.289 e. The number of nitrogens with zero attached hydrogens (tertiary/aromatic N) is 2. The molecule has 0 aliphatic rings. The largest absolute Gasteiger partial charge is 0.289 e. The predicted octanol–water partition coefficient (Wildman–Crippen LogP) is 4.80. The van der Waals surface area contributed by atoms with E-state index >= 15 is 0 Å². The number of carbonyl (C=O) groups excluding carboxylic acids is 1. The average molecular weight is 394 g/mol. The van der Waals surface area contributed by atoms with Gasteiger partial charge in [-0.05, 0) is 24.3 Å². The van der Waals surface area contributed by atoms with Crippen LogP contribution in [-0.2, 0) is 0 Å². The molecule has 0 saturated carbocycles. The highest BCUT2D eigenvalue weighted by molar-refractivity contribution is 6.36. The summed E-state index contributed by atoms with van der Waals surface area (Å²) >= 11 is 18.0. The second-order valence-corrected chi connectivity index (χ2v) is 6.26. The number of hydrogen-bond acceptors (Lipinski definition) is 3. The molecule has 0 aliphatic carbocycles. The first kappa shape index (κ1) is 17.5. The van der Waals surface area contributed by atoms with Gasteiger partial charge in [0, 0.05) is 16.1 Å². The van der Waals surface area contributed by atoms with E-state index in [1.807, 2.05) is 18.2 Å². The van der Waals surface area contributed by atoms with Crippen molar-refractivity contribution < 1.29 is 4.79 Å². The van der Waals surface area contributed by atoms with Crippen LogP contribution in [0.5, 0.6) is 0 Å². The normalized spacial score (nSPS) is 11.0. The van der Waals surface area contributed by atoms with E-state index in [2.05, 4.69) is 20.7 Å². The minimum Gasteiger partial charge on any atom is -0.272 e. The number of halogens is 3. The number of hydrogen-bond donors (Lipinski definition) is 2. The molecule has 8 heteroatoms. The van der Waals surface area contributed by atoms with E-state index < -0.39 is 5.91 Å². The van der Waals surface area contributed by atoms with Gasteiger partial charge in [-0.25, -0.2) is 5.43 Å². The molecular formula is C17H11Cl3N4O. The summed E-state index contributed by atoms with van der Waals surface area (Å²) in [6.45, 7) is 0. The Labute approximate surface area is 158 Å². The van der Waals surface area contributed by atoms with Crippen molar-refractivity contribution in [1.29, 1.82) is 0 Å². The molecule has 0 aliphatic heterocycles. The van der Waals surface area contributed by atoms with Gasteiger partial charge in [-0.15, -0.1) is 0 Å². The van der Waals surface area contributed by atoms with Gasteiger partial charge in [-0.2, -0.15) is 10.2 Å². The highest BCUT2D eigenvalue weighted by atomic mass is 35.5. The second kappa shape index (κ2) is 7.70. The number of aromatic amines is 1. The number of benzene rings is 2. The summed E-state index contributed by atoms with van der Waals surface area (Å²) in [5.41, 5.74) is 4.60. The van der Waals surface area contributed by atoms with Crippen LogP contribution in [0.2, 0.25) is 15.1 Å². The number of rotatable bonds is 4. The Kier molecular flexibility index (Phi) is 5.38. The van der Waals surface area contributed by atoms with Crippen molar-refractivity contribution in [2.24, 2.45) is 5.10 Å². The van der Waals surface area contributed by atoms with Crippen molar-refractivity contribution in [2.45, 2.75) is 0 Å². The lowest BCUT2D eigenvalue weighted by Crippen LogP contribution is -2.18. The van der Waals surface area contributed by atoms with Crippen molar-refractivity contribution in [3.8, 4) is 11.3 Å². The van der Waals surface area contributed by atoms with E-state index in [1.165, 1.54) is 6.21 Å². The summed E-state index contributed by atoms with van der Waals surface area (Å²) < 4.78 is 0. The number of hydrazone groups is 1. The lowest BCUT2D eigenvalue weighted by molar-refractivity contribution is 0.0950. The molecule has 1 heterocycles. The van der Waals surface area contributed by atoms with Crippen molar-refractivity contribution in [3.05, 3.63) is 74.9 Å². The zero-order valence-corrected chi connectivity index (χ0v) is 14.9. The predicted molar refractivity (Wildman–Crippen MR) is 101 cm³/mol. The van der Waals surface area contributed by atoms with E-state index in [0.717, 1.165) is 5.56 Å². The van der Waals surface area contributed by atoms with Crippen LogP contribution < -0.4 is 5.43 Å². The fourth-order valence-electron chi connectivity index (χ4n) is 2.07. The van der Waals surface area contributed by atoms with Crippen LogP contribution in [0.3, 0.4) is 0 Å². The molecule has 0 unspecified atom stereocenters. The van der Waals surface area contributed by atoms with Gasteiger partial charge in [0.1, 0.15) is 5.69 Å². The number of aromatic nitrogens is 2. The van der Waals surface area contributed by atoms with Crippen LogP contribution in [0.1, 0.15) is 16.1 Å². The molecule has 2 aromatic carbocycles. The van der Waals surface area contributed by atoms with Gasteiger partial charge in [-0.1, -0.05) is 59.1 Å². The van der Waals surface area contributed by atoms with E-state index in [0.29, 0.717) is 26.3 Å². The smallest absolute Gasteiger partial charge is 0.272 e. The number of carbonyl (C=O) groups is 1. The lowest BCUT2D eigenvalue weighted by Gasteiger charge is -1.99. The summed E-state index contributed by atoms with van der Waals surface area (Å²) in [5.74, 6) is -0.438. The van der Waals surface area contributed by atoms with Crippen molar-refractivity contribution in [3.63, 3.8) is 0 Å². The van der Waals surface area contributed by atoms with E-state index in [-0.39, 0.29) is 5.69 Å². The van der Waals surface area contributed by atoms with Gasteiger partial charge >= 0.3 is 0 Å². The third-order valence-corrected chi connectivity index (χ3v) is 4.20. The van der Waals surface area contributed by atoms with Gasteiger partial charge in [0.25, 0.3) is 5.91 Å². The molecular weight excluding hydrogens is 383 g/mol. The molecule has 1 aromatic heterocycles. The van der Waals surface area contributed by atoms with Crippen LogP contribution in [0.25, 0.3) is 11.3 Å². The minimum atomic E-state index is -0.438. The maximum atomic E-state index is 12.1. The van der Waals surface area contributed by atoms with Gasteiger partial charge < -0.3 is 0 Å². The van der Waals surface area contributed by atoms with Crippen LogP contribution >= 0.6 is 34.8 Å². The van der Waals surface area contributed by atoms with Crippen molar-refractivity contribution >= 4 is 46.9 Å². The van der Waals surface area contributed by atoms with Crippen molar-refractivity contribution in [1.82, 2.24) is 15.6 Å². The summed E-state index contributed by atoms with van der Waals surface area (Å²) in [5, 5.41) is 12.2. The Morgan fingerprint density at radius 1 is 1.08 bits per heavy atom. The topological polar surface area (TPSA) is 70.1 Å². The first-order valence-electron chi connectivity index (χ1n) is 7.13. The Morgan fingerprint density at radius 2 is 1.88 bits per heavy atom. The molecule has 0 radical (unpaired) electrons. The lowest BCUT2D eigenvalue weighted by atomic mass is 10.1. The monoisotopic (exact) mass is 392 g/mol. The van der Waals surface area contributed by atoms with Gasteiger partial charge in [0.05, 0.1) is 22.0 Å². The van der Waals surface area contributed by atoms with E-state index in [1.54, 1.807) is 30.3 Å². The average Bonchev–Trinajstić information content (AvgIpc) is 3.07. The summed E-state index contributed by atoms with van der Waals surface area (Å²) in [7, 11) is 0. The summed E-state index contributed by atoms with van der Waals surface area (Å²) in [6.07, 6.45) is 1.43. The third-order valence-electron chi connectivity index (χ3n) is 3.30. The van der Waals surface area contributed by atoms with Crippen LogP contribution in [0.4, 0.5) is 0 Å². The molecule has 0 saturated heterocycles. The zero-order chi connectivity index (χ0) is 17.8. The zero-order valence-electron chi connectivity index (χ0n) is 12.6. The van der Waals surface area contributed by atoms with E-state index in [4.69, 9.17) is 34.8 Å². The fraction of sp³-hybridized carbons (Fsp3) is 0. The summed E-state index contributed by atoms with van der Waals surface area (Å²) in [6, 6.07) is 13.8. The van der Waals surface area contributed by atoms with Gasteiger partial charge in [-0.3, -0.25) is 9.89 Å². The van der Waals surface area contributed by atoms with Gasteiger partial charge in [0.15, 0.2) is 0 Å². The molecule has 126 valence electrons. The first-order chi connectivity index (χ1) is 12.0. The third kappa shape index (κ3) is 4.20. The second-order valence-electron chi connectivity index (χ2n) is 5.01. The SMILES string of the molecule is O=C(NN=Cc1ccc(Cl)cc1Cl)c1cc(-c2ccccc2Cl)n[nH]1. The summed E-state index contributed by atoms with van der Waals surface area (Å²) in [4.78, 5) is 12.1. The molecule has 3 rings (SSSR count). The first-order valence-corrected chi connectivity index (χ1v) is 8.27. The highest BCUT2D eigenvalue weighted by Gasteiger charge is 2.12. The molecule has 2 N–H and O–H groups in total. The quantitative estimate of drug-likeness (QED) is 0.494. The molecule has 0 atom stereocenters. The highest BCUT2D eigenvalue weighted by Crippen LogP contribution is 2.26. The maximum absolute atomic E-state index is 12.1. The number of H-pyrrole nitrogens is 1. The van der Waals surface area contributed by atoms with Crippen LogP contribution in [-0.4, -0.2) is 22.3 Å².